The van der Waals surface area contributed by atoms with Gasteiger partial charge in [0.15, 0.2) is 0 Å². The van der Waals surface area contributed by atoms with Crippen molar-refractivity contribution in [2.75, 3.05) is 0 Å². The fourth-order valence-corrected chi connectivity index (χ4v) is 3.99. The van der Waals surface area contributed by atoms with Crippen LogP contribution in [-0.2, 0) is 35.3 Å². The van der Waals surface area contributed by atoms with E-state index in [9.17, 15) is 32.7 Å². The van der Waals surface area contributed by atoms with Crippen molar-refractivity contribution >= 4 is 36.2 Å². The van der Waals surface area contributed by atoms with Crippen LogP contribution in [0, 0.1) is 5.41 Å². The molecule has 0 saturated heterocycles. The molecule has 0 unspecified atom stereocenters. The predicted octanol–water partition coefficient (Wildman–Crippen LogP) is 4.71. The molecule has 43 heavy (non-hydrogen) atoms. The molecule has 13 heteroatoms. The van der Waals surface area contributed by atoms with Gasteiger partial charge in [-0.3, -0.25) is 19.9 Å². The number of carbonyl (C=O) groups is 3. The van der Waals surface area contributed by atoms with E-state index in [1.54, 1.807) is 48.5 Å². The van der Waals surface area contributed by atoms with E-state index < -0.39 is 41.7 Å². The number of hydrogen-bond donors (Lipinski definition) is 5. The van der Waals surface area contributed by atoms with Gasteiger partial charge in [0.25, 0.3) is 0 Å². The van der Waals surface area contributed by atoms with E-state index in [4.69, 9.17) is 11.1 Å². The number of aryl methyl sites for hydroxylation is 1. The molecule has 2 atom stereocenters. The van der Waals surface area contributed by atoms with E-state index in [1.165, 1.54) is 19.1 Å². The first kappa shape index (κ1) is 34.8. The largest absolute Gasteiger partial charge is 0.465 e. The van der Waals surface area contributed by atoms with Crippen molar-refractivity contribution in [1.29, 1.82) is 5.41 Å². The van der Waals surface area contributed by atoms with Crippen LogP contribution in [0.4, 0.5) is 18.0 Å². The molecule has 0 aliphatic carbocycles. The van der Waals surface area contributed by atoms with Crippen LogP contribution in [0.15, 0.2) is 78.9 Å². The smallest absolute Gasteiger partial charge is 0.416 e. The Bertz CT molecular complexity index is 1390. The number of carbonyl (C=O) groups excluding carboxylic acids is 2. The Labute approximate surface area is 253 Å². The molecule has 3 amide bonds. The van der Waals surface area contributed by atoms with Gasteiger partial charge in [0, 0.05) is 12.1 Å². The van der Waals surface area contributed by atoms with Crippen molar-refractivity contribution in [3.63, 3.8) is 0 Å². The Kier molecular flexibility index (Phi) is 12.7. The predicted molar refractivity (Wildman–Crippen MR) is 158 cm³/mol. The second kappa shape index (κ2) is 15.7. The molecule has 0 heterocycles. The number of amides is 3. The summed E-state index contributed by atoms with van der Waals surface area (Å²) in [4.78, 5) is 37.6. The number of nitrogens with one attached hydrogen (secondary N) is 3. The summed E-state index contributed by atoms with van der Waals surface area (Å²) in [5, 5.41) is 23.2. The molecule has 0 fully saturated rings. The summed E-state index contributed by atoms with van der Waals surface area (Å²) in [5.41, 5.74) is 7.58. The van der Waals surface area contributed by atoms with Gasteiger partial charge in [-0.2, -0.15) is 13.2 Å². The van der Waals surface area contributed by atoms with Crippen LogP contribution in [0.3, 0.4) is 0 Å². The van der Waals surface area contributed by atoms with Gasteiger partial charge in [0.2, 0.25) is 11.8 Å². The second-order valence-electron chi connectivity index (χ2n) is 9.69. The molecular weight excluding hydrogens is 587 g/mol. The second-order valence-corrected chi connectivity index (χ2v) is 9.69. The summed E-state index contributed by atoms with van der Waals surface area (Å²) in [6.45, 7) is 1.64. The minimum Gasteiger partial charge on any atom is -0.465 e. The number of rotatable bonds is 11. The van der Waals surface area contributed by atoms with Gasteiger partial charge in [-0.1, -0.05) is 66.7 Å². The van der Waals surface area contributed by atoms with Crippen LogP contribution >= 0.6 is 12.4 Å². The maximum atomic E-state index is 12.7. The van der Waals surface area contributed by atoms with E-state index in [-0.39, 0.29) is 44.2 Å². The monoisotopic (exact) mass is 619 g/mol. The Morgan fingerprint density at radius 2 is 1.49 bits per heavy atom. The van der Waals surface area contributed by atoms with Crippen molar-refractivity contribution in [1.82, 2.24) is 15.5 Å². The number of nitrogens with two attached hydrogens (primary N) is 1. The summed E-state index contributed by atoms with van der Waals surface area (Å²) >= 11 is 0. The Morgan fingerprint density at radius 3 is 2.05 bits per heavy atom. The summed E-state index contributed by atoms with van der Waals surface area (Å²) < 4.78 is 38.1. The quantitative estimate of drug-likeness (QED) is 0.156. The fourth-order valence-electron chi connectivity index (χ4n) is 3.99. The standard InChI is InChI=1S/C30H32F3N5O4.ClH/c1-19(37-28(40)25(34)16-11-20-9-14-24(15-10-20)30(31,32)33)27(39)36-17-21-7-12-23(13-8-21)26(35)38(29(41)42)18-22-5-3-2-4-6-22;/h2-10,12-15,19,25,35H,11,16-18,34H2,1H3,(H,36,39)(H,37,40)(H,41,42);1H/t19-,25+;/m0./s1. The van der Waals surface area contributed by atoms with Gasteiger partial charge in [0.05, 0.1) is 18.2 Å². The van der Waals surface area contributed by atoms with Crippen LogP contribution in [-0.4, -0.2) is 45.8 Å². The number of alkyl halides is 3. The lowest BCUT2D eigenvalue weighted by molar-refractivity contribution is -0.137. The van der Waals surface area contributed by atoms with Gasteiger partial charge in [-0.05, 0) is 48.6 Å². The molecule has 3 rings (SSSR count). The molecular formula is C30H33ClF3N5O4. The minimum atomic E-state index is -4.42. The molecule has 3 aromatic rings. The number of benzene rings is 3. The Morgan fingerprint density at radius 1 is 0.907 bits per heavy atom. The summed E-state index contributed by atoms with van der Waals surface area (Å²) in [7, 11) is 0. The topological polar surface area (TPSA) is 149 Å². The lowest BCUT2D eigenvalue weighted by atomic mass is 10.0. The molecule has 0 spiro atoms. The zero-order valence-corrected chi connectivity index (χ0v) is 24.0. The third kappa shape index (κ3) is 10.4. The molecule has 0 bridgehead atoms. The molecule has 0 aliphatic rings. The van der Waals surface area contributed by atoms with E-state index in [0.717, 1.165) is 22.6 Å². The fraction of sp³-hybridized carbons (Fsp3) is 0.267. The van der Waals surface area contributed by atoms with E-state index >= 15 is 0 Å². The van der Waals surface area contributed by atoms with Gasteiger partial charge in [-0.15, -0.1) is 12.4 Å². The molecule has 0 aromatic heterocycles. The molecule has 0 aliphatic heterocycles. The van der Waals surface area contributed by atoms with Crippen LogP contribution in [0.1, 0.15) is 41.2 Å². The number of amidine groups is 1. The number of hydrogen-bond acceptors (Lipinski definition) is 5. The van der Waals surface area contributed by atoms with Gasteiger partial charge >= 0.3 is 12.3 Å². The van der Waals surface area contributed by atoms with Gasteiger partial charge in [0.1, 0.15) is 11.9 Å². The van der Waals surface area contributed by atoms with Crippen molar-refractivity contribution in [3.8, 4) is 0 Å². The number of carboxylic acid groups (broad SMARTS) is 1. The maximum absolute atomic E-state index is 12.7. The SMILES string of the molecule is C[C@H](NC(=O)[C@H](N)CCc1ccc(C(F)(F)F)cc1)C(=O)NCc1ccc(C(=N)N(Cc2ccccc2)C(=O)O)cc1.Cl. The number of nitrogens with zero attached hydrogens (tertiary/aromatic N) is 1. The van der Waals surface area contributed by atoms with Gasteiger partial charge in [-0.25, -0.2) is 4.79 Å². The molecule has 6 N–H and O–H groups in total. The Balaban J connectivity index is 0.00000645. The summed E-state index contributed by atoms with van der Waals surface area (Å²) in [5.74, 6) is -1.21. The highest BCUT2D eigenvalue weighted by Crippen LogP contribution is 2.29. The molecule has 230 valence electrons. The first-order valence-electron chi connectivity index (χ1n) is 13.1. The Hall–Kier alpha value is -4.42. The van der Waals surface area contributed by atoms with Crippen LogP contribution in [0.5, 0.6) is 0 Å². The highest BCUT2D eigenvalue weighted by atomic mass is 35.5. The molecule has 3 aromatic carbocycles. The van der Waals surface area contributed by atoms with Crippen LogP contribution in [0.25, 0.3) is 0 Å². The first-order valence-corrected chi connectivity index (χ1v) is 13.1. The van der Waals surface area contributed by atoms with E-state index in [2.05, 4.69) is 10.6 Å². The third-order valence-electron chi connectivity index (χ3n) is 6.49. The van der Waals surface area contributed by atoms with Crippen molar-refractivity contribution in [2.45, 2.75) is 51.1 Å². The van der Waals surface area contributed by atoms with Crippen LogP contribution < -0.4 is 16.4 Å². The van der Waals surface area contributed by atoms with Crippen molar-refractivity contribution < 1.29 is 32.7 Å². The minimum absolute atomic E-state index is 0. The zero-order chi connectivity index (χ0) is 30.9. The lowest BCUT2D eigenvalue weighted by Gasteiger charge is -2.20. The molecule has 9 nitrogen and oxygen atoms in total. The molecule has 0 radical (unpaired) electrons. The van der Waals surface area contributed by atoms with Gasteiger partial charge < -0.3 is 21.5 Å². The average Bonchev–Trinajstić information content (AvgIpc) is 2.97. The highest BCUT2D eigenvalue weighted by Gasteiger charge is 2.30. The van der Waals surface area contributed by atoms with Crippen LogP contribution in [0.2, 0.25) is 0 Å². The summed E-state index contributed by atoms with van der Waals surface area (Å²) in [6.07, 6.45) is -5.21. The lowest BCUT2D eigenvalue weighted by Crippen LogP contribution is -2.50. The third-order valence-corrected chi connectivity index (χ3v) is 6.49. The average molecular weight is 620 g/mol. The number of halogens is 4. The van der Waals surface area contributed by atoms with E-state index in [1.807, 2.05) is 6.07 Å². The summed E-state index contributed by atoms with van der Waals surface area (Å²) in [6, 6.07) is 18.2. The zero-order valence-electron chi connectivity index (χ0n) is 23.2. The normalized spacial score (nSPS) is 12.3. The van der Waals surface area contributed by atoms with Crippen molar-refractivity contribution in [2.24, 2.45) is 5.73 Å². The van der Waals surface area contributed by atoms with Crippen molar-refractivity contribution in [3.05, 3.63) is 107 Å². The highest BCUT2D eigenvalue weighted by molar-refractivity contribution is 6.04. The maximum Gasteiger partial charge on any atom is 0.416 e. The molecule has 0 saturated carbocycles. The van der Waals surface area contributed by atoms with E-state index in [0.29, 0.717) is 16.7 Å². The first-order chi connectivity index (χ1) is 19.8.